The van der Waals surface area contributed by atoms with Gasteiger partial charge in [-0.1, -0.05) is 24.6 Å². The van der Waals surface area contributed by atoms with Gasteiger partial charge in [0.05, 0.1) is 16.8 Å². The number of carboxylic acid groups (broad SMARTS) is 1. The zero-order chi connectivity index (χ0) is 17.6. The fourth-order valence-electron chi connectivity index (χ4n) is 4.81. The molecule has 2 aliphatic rings. The Balaban J connectivity index is 1.59. The van der Waals surface area contributed by atoms with Crippen LogP contribution in [0.4, 0.5) is 0 Å². The van der Waals surface area contributed by atoms with Crippen LogP contribution >= 0.6 is 0 Å². The summed E-state index contributed by atoms with van der Waals surface area (Å²) in [5.74, 6) is -0.305. The summed E-state index contributed by atoms with van der Waals surface area (Å²) in [5.41, 5.74) is 3.95. The van der Waals surface area contributed by atoms with E-state index in [-0.39, 0.29) is 0 Å². The summed E-state index contributed by atoms with van der Waals surface area (Å²) in [6, 6.07) is 10.2. The lowest BCUT2D eigenvalue weighted by molar-refractivity contribution is -0.149. The van der Waals surface area contributed by atoms with Crippen LogP contribution in [0.1, 0.15) is 36.2 Å². The summed E-state index contributed by atoms with van der Waals surface area (Å²) >= 11 is 0. The fourth-order valence-corrected chi connectivity index (χ4v) is 4.81. The van der Waals surface area contributed by atoms with Gasteiger partial charge in [-0.25, -0.2) is 4.68 Å². The summed E-state index contributed by atoms with van der Waals surface area (Å²) in [6.07, 6.45) is 2.92. The number of hydrogen-bond donors (Lipinski definition) is 1. The molecule has 1 saturated carbocycles. The van der Waals surface area contributed by atoms with E-state index < -0.39 is 11.4 Å². The van der Waals surface area contributed by atoms with Gasteiger partial charge in [0, 0.05) is 30.9 Å². The van der Waals surface area contributed by atoms with E-state index in [0.29, 0.717) is 12.5 Å². The monoisotopic (exact) mass is 339 g/mol. The van der Waals surface area contributed by atoms with Gasteiger partial charge in [-0.15, -0.1) is 0 Å². The molecule has 4 rings (SSSR count). The van der Waals surface area contributed by atoms with Crippen molar-refractivity contribution in [2.24, 2.45) is 11.3 Å². The summed E-state index contributed by atoms with van der Waals surface area (Å²) in [6.45, 7) is 6.50. The molecule has 5 nitrogen and oxygen atoms in total. The number of aryl methyl sites for hydroxylation is 1. The first-order valence-electron chi connectivity index (χ1n) is 9.07. The van der Waals surface area contributed by atoms with Gasteiger partial charge in [0.2, 0.25) is 0 Å². The highest BCUT2D eigenvalue weighted by Gasteiger charge is 2.54. The maximum atomic E-state index is 11.9. The number of carbonyl (C=O) groups is 1. The van der Waals surface area contributed by atoms with Crippen molar-refractivity contribution in [3.05, 3.63) is 47.3 Å². The molecule has 1 N–H and O–H groups in total. The van der Waals surface area contributed by atoms with Crippen LogP contribution in [-0.4, -0.2) is 38.8 Å². The third-order valence-electron chi connectivity index (χ3n) is 6.19. The zero-order valence-corrected chi connectivity index (χ0v) is 14.9. The average Bonchev–Trinajstić information content (AvgIpc) is 3.23. The van der Waals surface area contributed by atoms with E-state index in [2.05, 4.69) is 24.0 Å². The van der Waals surface area contributed by atoms with Crippen molar-refractivity contribution in [3.63, 3.8) is 0 Å². The van der Waals surface area contributed by atoms with E-state index >= 15 is 0 Å². The highest BCUT2D eigenvalue weighted by Crippen LogP contribution is 2.49. The molecule has 2 fully saturated rings. The Kier molecular flexibility index (Phi) is 3.91. The lowest BCUT2D eigenvalue weighted by Crippen LogP contribution is -2.35. The van der Waals surface area contributed by atoms with Crippen molar-refractivity contribution in [2.45, 2.75) is 39.7 Å². The van der Waals surface area contributed by atoms with Crippen LogP contribution in [0, 0.1) is 25.2 Å². The second-order valence-corrected chi connectivity index (χ2v) is 7.62. The minimum atomic E-state index is -0.606. The van der Waals surface area contributed by atoms with E-state index in [1.54, 1.807) is 0 Å². The second-order valence-electron chi connectivity index (χ2n) is 7.62. The molecule has 2 heterocycles. The Bertz CT molecular complexity index is 799. The van der Waals surface area contributed by atoms with Gasteiger partial charge in [-0.3, -0.25) is 9.69 Å². The molecule has 0 amide bonds. The fraction of sp³-hybridized carbons (Fsp3) is 0.500. The molecule has 132 valence electrons. The number of aromatic nitrogens is 2. The number of hydrogen-bond acceptors (Lipinski definition) is 3. The van der Waals surface area contributed by atoms with Crippen LogP contribution in [0.2, 0.25) is 0 Å². The van der Waals surface area contributed by atoms with Gasteiger partial charge in [0.1, 0.15) is 0 Å². The molecule has 1 aliphatic heterocycles. The smallest absolute Gasteiger partial charge is 0.311 e. The van der Waals surface area contributed by atoms with Crippen LogP contribution in [-0.2, 0) is 11.3 Å². The Hall–Kier alpha value is -2.14. The third-order valence-corrected chi connectivity index (χ3v) is 6.19. The standard InChI is InChI=1S/C20H25N3O2/c1-14-18(15(2)23(21-14)17-8-4-3-5-9-17)12-22-11-16-7-6-10-20(16,13-22)19(24)25/h3-5,8-9,16H,6-7,10-13H2,1-2H3,(H,24,25)/t16-,20+/m0/s1. The number of rotatable bonds is 4. The molecule has 1 aromatic heterocycles. The van der Waals surface area contributed by atoms with E-state index in [0.717, 1.165) is 49.4 Å². The largest absolute Gasteiger partial charge is 0.481 e. The zero-order valence-electron chi connectivity index (χ0n) is 14.9. The van der Waals surface area contributed by atoms with Crippen molar-refractivity contribution < 1.29 is 9.90 Å². The molecule has 1 saturated heterocycles. The molecule has 1 aromatic carbocycles. The van der Waals surface area contributed by atoms with Crippen molar-refractivity contribution in [3.8, 4) is 5.69 Å². The predicted octanol–water partition coefficient (Wildman–Crippen LogP) is 3.18. The van der Waals surface area contributed by atoms with Gasteiger partial charge in [0.25, 0.3) is 0 Å². The van der Waals surface area contributed by atoms with Gasteiger partial charge < -0.3 is 5.11 Å². The van der Waals surface area contributed by atoms with Crippen LogP contribution in [0.3, 0.4) is 0 Å². The first kappa shape index (κ1) is 16.3. The molecule has 0 unspecified atom stereocenters. The Morgan fingerprint density at radius 2 is 2.08 bits per heavy atom. The van der Waals surface area contributed by atoms with Crippen LogP contribution < -0.4 is 0 Å². The quantitative estimate of drug-likeness (QED) is 0.929. The number of nitrogens with zero attached hydrogens (tertiary/aromatic N) is 3. The van der Waals surface area contributed by atoms with Gasteiger partial charge in [0.15, 0.2) is 0 Å². The van der Waals surface area contributed by atoms with Crippen LogP contribution in [0.25, 0.3) is 5.69 Å². The van der Waals surface area contributed by atoms with E-state index in [1.807, 2.05) is 29.8 Å². The number of likely N-dealkylation sites (tertiary alicyclic amines) is 1. The molecule has 1 aliphatic carbocycles. The van der Waals surface area contributed by atoms with Crippen LogP contribution in [0.5, 0.6) is 0 Å². The molecule has 2 atom stereocenters. The predicted molar refractivity (Wildman–Crippen MR) is 95.7 cm³/mol. The minimum Gasteiger partial charge on any atom is -0.481 e. The molecule has 0 spiro atoms. The normalized spacial score (nSPS) is 26.1. The van der Waals surface area contributed by atoms with Crippen molar-refractivity contribution in [1.82, 2.24) is 14.7 Å². The number of para-hydroxylation sites is 1. The van der Waals surface area contributed by atoms with Gasteiger partial charge >= 0.3 is 5.97 Å². The molecule has 25 heavy (non-hydrogen) atoms. The minimum absolute atomic E-state index is 0.301. The Labute approximate surface area is 148 Å². The lowest BCUT2D eigenvalue weighted by atomic mass is 9.81. The highest BCUT2D eigenvalue weighted by molar-refractivity contribution is 5.76. The van der Waals surface area contributed by atoms with Crippen LogP contribution in [0.15, 0.2) is 30.3 Å². The second kappa shape index (κ2) is 5.99. The van der Waals surface area contributed by atoms with Gasteiger partial charge in [-0.2, -0.15) is 5.10 Å². The van der Waals surface area contributed by atoms with E-state index in [1.165, 1.54) is 5.56 Å². The summed E-state index contributed by atoms with van der Waals surface area (Å²) < 4.78 is 1.99. The topological polar surface area (TPSA) is 58.4 Å². The average molecular weight is 339 g/mol. The molecular formula is C20H25N3O2. The molecule has 0 radical (unpaired) electrons. The summed E-state index contributed by atoms with van der Waals surface area (Å²) in [4.78, 5) is 14.2. The number of carboxylic acids is 1. The highest BCUT2D eigenvalue weighted by atomic mass is 16.4. The summed E-state index contributed by atoms with van der Waals surface area (Å²) in [7, 11) is 0. The molecule has 5 heteroatoms. The number of benzene rings is 1. The summed E-state index contributed by atoms with van der Waals surface area (Å²) in [5, 5.41) is 14.5. The van der Waals surface area contributed by atoms with Crippen molar-refractivity contribution >= 4 is 5.97 Å². The molecular weight excluding hydrogens is 314 g/mol. The van der Waals surface area contributed by atoms with E-state index in [9.17, 15) is 9.90 Å². The Morgan fingerprint density at radius 3 is 2.76 bits per heavy atom. The van der Waals surface area contributed by atoms with Crippen molar-refractivity contribution in [1.29, 1.82) is 0 Å². The van der Waals surface area contributed by atoms with Crippen molar-refractivity contribution in [2.75, 3.05) is 13.1 Å². The maximum absolute atomic E-state index is 11.9. The maximum Gasteiger partial charge on any atom is 0.311 e. The first-order chi connectivity index (χ1) is 12.0. The SMILES string of the molecule is Cc1nn(-c2ccccc2)c(C)c1CN1C[C@@H]2CCC[C@@]2(C(=O)O)C1. The number of aliphatic carboxylic acids is 1. The van der Waals surface area contributed by atoms with Gasteiger partial charge in [-0.05, 0) is 44.7 Å². The lowest BCUT2D eigenvalue weighted by Gasteiger charge is -2.23. The third kappa shape index (κ3) is 2.58. The first-order valence-corrected chi connectivity index (χ1v) is 9.07. The number of fused-ring (bicyclic) bond motifs is 1. The Morgan fingerprint density at radius 1 is 1.32 bits per heavy atom. The molecule has 0 bridgehead atoms. The van der Waals surface area contributed by atoms with E-state index in [4.69, 9.17) is 5.10 Å². The molecule has 2 aromatic rings.